The van der Waals surface area contributed by atoms with Crippen LogP contribution in [0.5, 0.6) is 5.88 Å². The van der Waals surface area contributed by atoms with Crippen molar-refractivity contribution in [3.05, 3.63) is 72.7 Å². The molecule has 0 bridgehead atoms. The zero-order valence-corrected chi connectivity index (χ0v) is 29.2. The molecule has 0 spiro atoms. The smallest absolute Gasteiger partial charge is 0.241 e. The van der Waals surface area contributed by atoms with Crippen LogP contribution in [0.4, 0.5) is 5.69 Å². The second kappa shape index (κ2) is 13.5. The van der Waals surface area contributed by atoms with Gasteiger partial charge in [-0.3, -0.25) is 24.3 Å². The Balaban J connectivity index is 0.857. The number of ether oxygens (including phenoxy) is 1. The molecule has 3 aliphatic rings. The van der Waals surface area contributed by atoms with Gasteiger partial charge in [0.15, 0.2) is 5.82 Å². The molecule has 0 unspecified atom stereocenters. The van der Waals surface area contributed by atoms with Gasteiger partial charge in [0.05, 0.1) is 12.1 Å². The highest BCUT2D eigenvalue weighted by Gasteiger charge is 2.45. The minimum atomic E-state index is -0.639. The number of amides is 2. The van der Waals surface area contributed by atoms with Crippen molar-refractivity contribution in [1.29, 1.82) is 0 Å². The summed E-state index contributed by atoms with van der Waals surface area (Å²) in [6.07, 6.45) is 10.5. The summed E-state index contributed by atoms with van der Waals surface area (Å²) in [6.45, 7) is 3.03. The van der Waals surface area contributed by atoms with Gasteiger partial charge in [-0.1, -0.05) is 24.3 Å². The fourth-order valence-corrected chi connectivity index (χ4v) is 7.91. The van der Waals surface area contributed by atoms with E-state index in [-0.39, 0.29) is 17.9 Å². The first-order chi connectivity index (χ1) is 24.4. The second-order valence-corrected chi connectivity index (χ2v) is 14.9. The number of piperidine rings is 1. The molecule has 1 saturated carbocycles. The van der Waals surface area contributed by atoms with Gasteiger partial charge in [0, 0.05) is 67.7 Å². The molecule has 258 valence electrons. The van der Waals surface area contributed by atoms with Gasteiger partial charge >= 0.3 is 0 Å². The Bertz CT molecular complexity index is 2000. The molecule has 2 aliphatic heterocycles. The Morgan fingerprint density at radius 2 is 1.80 bits per heavy atom. The molecule has 3 fully saturated rings. The van der Waals surface area contributed by atoms with Crippen LogP contribution in [0.2, 0.25) is 0 Å². The predicted molar refractivity (Wildman–Crippen MR) is 194 cm³/mol. The highest BCUT2D eigenvalue weighted by molar-refractivity contribution is 8.00. The molecular formula is C37H41N9O3S. The van der Waals surface area contributed by atoms with E-state index in [9.17, 15) is 9.59 Å². The van der Waals surface area contributed by atoms with Gasteiger partial charge in [-0.2, -0.15) is 10.2 Å². The lowest BCUT2D eigenvalue weighted by Gasteiger charge is -2.33. The number of carbonyl (C=O) groups is 2. The van der Waals surface area contributed by atoms with Crippen LogP contribution in [-0.2, 0) is 16.6 Å². The number of aryl methyl sites for hydroxylation is 1. The third-order valence-corrected chi connectivity index (χ3v) is 11.5. The van der Waals surface area contributed by atoms with Crippen molar-refractivity contribution in [2.75, 3.05) is 44.3 Å². The number of carbonyl (C=O) groups excluding carboxylic acids is 2. The molecule has 13 heteroatoms. The van der Waals surface area contributed by atoms with Crippen LogP contribution in [0.15, 0.2) is 67.1 Å². The molecule has 50 heavy (non-hydrogen) atoms. The number of benzene rings is 2. The number of pyridine rings is 1. The van der Waals surface area contributed by atoms with Crippen LogP contribution in [0.3, 0.4) is 0 Å². The van der Waals surface area contributed by atoms with Gasteiger partial charge in [-0.25, -0.2) is 9.97 Å². The number of fused-ring (bicyclic) bond motifs is 1. The maximum Gasteiger partial charge on any atom is 0.241 e. The number of likely N-dealkylation sites (tertiary alicyclic amines) is 2. The fraction of sp³-hybridized carbons (Fsp3) is 0.405. The lowest BCUT2D eigenvalue weighted by atomic mass is 9.89. The zero-order chi connectivity index (χ0) is 34.2. The van der Waals surface area contributed by atoms with Crippen molar-refractivity contribution < 1.29 is 14.3 Å². The first kappa shape index (κ1) is 32.5. The second-order valence-electron chi connectivity index (χ2n) is 13.7. The summed E-state index contributed by atoms with van der Waals surface area (Å²) in [5, 5.41) is 16.1. The van der Waals surface area contributed by atoms with E-state index in [4.69, 9.17) is 4.74 Å². The molecule has 5 heterocycles. The van der Waals surface area contributed by atoms with E-state index in [0.717, 1.165) is 72.3 Å². The van der Waals surface area contributed by atoms with Crippen molar-refractivity contribution in [2.24, 2.45) is 7.05 Å². The molecule has 2 N–H and O–H groups in total. The maximum atomic E-state index is 13.8. The van der Waals surface area contributed by atoms with E-state index in [1.54, 1.807) is 29.0 Å². The summed E-state index contributed by atoms with van der Waals surface area (Å²) in [6, 6.07) is 18.1. The average Bonchev–Trinajstić information content (AvgIpc) is 3.47. The van der Waals surface area contributed by atoms with Crippen molar-refractivity contribution in [3.8, 4) is 28.5 Å². The molecule has 0 radical (unpaired) electrons. The number of hydrogen-bond donors (Lipinski definition) is 2. The molecular weight excluding hydrogens is 651 g/mol. The number of nitrogens with zero attached hydrogens (tertiary/aromatic N) is 7. The third-order valence-electron chi connectivity index (χ3n) is 10.2. The molecule has 3 aromatic heterocycles. The number of H-pyrrole nitrogens is 1. The van der Waals surface area contributed by atoms with Gasteiger partial charge in [-0.05, 0) is 74.1 Å². The summed E-state index contributed by atoms with van der Waals surface area (Å²) >= 11 is 1.56. The van der Waals surface area contributed by atoms with Gasteiger partial charge in [0.2, 0.25) is 17.7 Å². The molecule has 2 aromatic carbocycles. The number of rotatable bonds is 10. The van der Waals surface area contributed by atoms with E-state index < -0.39 is 4.75 Å². The largest absolute Gasteiger partial charge is 0.474 e. The molecule has 12 nitrogen and oxygen atoms in total. The number of aromatic nitrogens is 6. The summed E-state index contributed by atoms with van der Waals surface area (Å²) < 4.78 is 6.86. The van der Waals surface area contributed by atoms with E-state index in [0.29, 0.717) is 43.5 Å². The zero-order valence-electron chi connectivity index (χ0n) is 28.3. The van der Waals surface area contributed by atoms with E-state index in [1.807, 2.05) is 48.5 Å². The van der Waals surface area contributed by atoms with Crippen LogP contribution >= 0.6 is 11.8 Å². The fourth-order valence-electron chi connectivity index (χ4n) is 7.07. The maximum absolute atomic E-state index is 13.8. The van der Waals surface area contributed by atoms with Crippen molar-refractivity contribution in [2.45, 2.75) is 48.9 Å². The highest BCUT2D eigenvalue weighted by Crippen LogP contribution is 2.37. The first-order valence-corrected chi connectivity index (χ1v) is 18.5. The van der Waals surface area contributed by atoms with Gasteiger partial charge in [-0.15, -0.1) is 11.8 Å². The molecule has 8 rings (SSSR count). The average molecular weight is 692 g/mol. The molecule has 2 saturated heterocycles. The van der Waals surface area contributed by atoms with Crippen molar-refractivity contribution in [1.82, 2.24) is 39.7 Å². The number of nitrogens with one attached hydrogen (secondary N) is 2. The lowest BCUT2D eigenvalue weighted by molar-refractivity contribution is -0.133. The van der Waals surface area contributed by atoms with Gasteiger partial charge < -0.3 is 15.0 Å². The van der Waals surface area contributed by atoms with E-state index >= 15 is 0 Å². The minimum Gasteiger partial charge on any atom is -0.474 e. The van der Waals surface area contributed by atoms with Crippen LogP contribution in [0.25, 0.3) is 33.5 Å². The molecule has 5 aromatic rings. The quantitative estimate of drug-likeness (QED) is 0.205. The topological polar surface area (TPSA) is 134 Å². The monoisotopic (exact) mass is 691 g/mol. The lowest BCUT2D eigenvalue weighted by Crippen LogP contribution is -2.46. The Hall–Kier alpha value is -4.75. The molecule has 1 aliphatic carbocycles. The minimum absolute atomic E-state index is 0.0433. The van der Waals surface area contributed by atoms with E-state index in [2.05, 4.69) is 59.7 Å². The number of hydrogen-bond acceptors (Lipinski definition) is 9. The van der Waals surface area contributed by atoms with Gasteiger partial charge in [0.25, 0.3) is 0 Å². The number of anilines is 1. The Morgan fingerprint density at radius 1 is 1.00 bits per heavy atom. The van der Waals surface area contributed by atoms with Crippen molar-refractivity contribution in [3.63, 3.8) is 0 Å². The number of thioether (sulfide) groups is 1. The first-order valence-electron chi connectivity index (χ1n) is 17.3. The Kier molecular flexibility index (Phi) is 8.77. The van der Waals surface area contributed by atoms with Crippen molar-refractivity contribution >= 4 is 40.2 Å². The van der Waals surface area contributed by atoms with Crippen LogP contribution < -0.4 is 10.1 Å². The van der Waals surface area contributed by atoms with Crippen LogP contribution in [-0.4, -0.2) is 101 Å². The summed E-state index contributed by atoms with van der Waals surface area (Å²) in [7, 11) is 1.87. The third kappa shape index (κ3) is 6.71. The SMILES string of the molecule is CS[C@@]1(C(=O)Nc2ccc3[nH]nc(-c4ccc(OC5CC5)nc4)c3c2)CCN(CC(=O)N2CCC(c3ccc(-c4ncn(C)n4)cc3)CC2)C1. The molecule has 2 amide bonds. The summed E-state index contributed by atoms with van der Waals surface area (Å²) in [4.78, 5) is 40.2. The molecule has 1 atom stereocenters. The Morgan fingerprint density at radius 3 is 2.50 bits per heavy atom. The normalized spacial score (nSPS) is 20.0. The van der Waals surface area contributed by atoms with Crippen LogP contribution in [0, 0.1) is 0 Å². The highest BCUT2D eigenvalue weighted by atomic mass is 32.2. The standard InChI is InChI=1S/C37H41N9O3S/c1-44-23-39-35(43-44)26-5-3-24(4-6-26)25-13-16-46(17-14-25)33(47)21-45-18-15-37(22-45,50-2)36(48)40-28-8-11-31-30(19-28)34(42-41-31)27-7-12-32(38-20-27)49-29-9-10-29/h3-8,11-12,19-20,23,25,29H,9-10,13-18,21-22H2,1-2H3,(H,40,48)(H,41,42)/t37-/m0/s1. The summed E-state index contributed by atoms with van der Waals surface area (Å²) in [5.74, 6) is 1.87. The van der Waals surface area contributed by atoms with Crippen LogP contribution in [0.1, 0.15) is 43.6 Å². The van der Waals surface area contributed by atoms with E-state index in [1.165, 1.54) is 5.56 Å². The number of aromatic amines is 1. The van der Waals surface area contributed by atoms with Gasteiger partial charge in [0.1, 0.15) is 22.9 Å². The summed E-state index contributed by atoms with van der Waals surface area (Å²) in [5.41, 5.74) is 5.52. The predicted octanol–water partition coefficient (Wildman–Crippen LogP) is 5.11. The Labute approximate surface area is 295 Å².